The van der Waals surface area contributed by atoms with E-state index in [4.69, 9.17) is 11.6 Å². The molecule has 0 aliphatic carbocycles. The first-order valence-electron chi connectivity index (χ1n) is 12.0. The molecule has 1 heterocycles. The van der Waals surface area contributed by atoms with E-state index in [9.17, 15) is 13.2 Å². The number of piperidine rings is 1. The lowest BCUT2D eigenvalue weighted by Crippen LogP contribution is -2.46. The second kappa shape index (κ2) is 11.8. The van der Waals surface area contributed by atoms with Crippen LogP contribution in [-0.4, -0.2) is 49.7 Å². The van der Waals surface area contributed by atoms with Crippen LogP contribution < -0.4 is 0 Å². The van der Waals surface area contributed by atoms with Crippen LogP contribution in [0.25, 0.3) is 0 Å². The van der Waals surface area contributed by atoms with E-state index in [0.717, 1.165) is 24.8 Å². The van der Waals surface area contributed by atoms with Crippen molar-refractivity contribution < 1.29 is 13.2 Å². The van der Waals surface area contributed by atoms with Crippen LogP contribution in [0.15, 0.2) is 89.8 Å². The maximum absolute atomic E-state index is 13.5. The minimum atomic E-state index is -3.85. The van der Waals surface area contributed by atoms with E-state index in [1.165, 1.54) is 22.0 Å². The Bertz CT molecular complexity index is 1190. The minimum absolute atomic E-state index is 0.143. The van der Waals surface area contributed by atoms with Crippen LogP contribution in [0.4, 0.5) is 0 Å². The third-order valence-corrected chi connectivity index (χ3v) is 8.70. The second-order valence-electron chi connectivity index (χ2n) is 9.04. The summed E-state index contributed by atoms with van der Waals surface area (Å²) in [6.45, 7) is 1.38. The Hall–Kier alpha value is -2.67. The molecule has 35 heavy (non-hydrogen) atoms. The maximum Gasteiger partial charge on any atom is 0.243 e. The van der Waals surface area contributed by atoms with E-state index in [1.54, 1.807) is 12.1 Å². The molecule has 3 aromatic rings. The van der Waals surface area contributed by atoms with Crippen LogP contribution in [0.5, 0.6) is 0 Å². The first kappa shape index (κ1) is 25.4. The molecule has 4 rings (SSSR count). The van der Waals surface area contributed by atoms with Gasteiger partial charge in [-0.3, -0.25) is 4.79 Å². The molecule has 1 saturated heterocycles. The van der Waals surface area contributed by atoms with E-state index >= 15 is 0 Å². The Kier molecular flexibility index (Phi) is 8.60. The lowest BCUT2D eigenvalue weighted by atomic mass is 9.90. The van der Waals surface area contributed by atoms with E-state index in [2.05, 4.69) is 24.3 Å². The van der Waals surface area contributed by atoms with E-state index in [0.29, 0.717) is 30.5 Å². The number of carbonyl (C=O) groups excluding carboxylic acids is 1. The van der Waals surface area contributed by atoms with Gasteiger partial charge < -0.3 is 4.90 Å². The fraction of sp³-hybridized carbons (Fsp3) is 0.321. The highest BCUT2D eigenvalue weighted by Crippen LogP contribution is 2.23. The first-order valence-corrected chi connectivity index (χ1v) is 13.8. The maximum atomic E-state index is 13.5. The number of sulfonamides is 1. The molecular formula is C28H31ClN2O3S. The molecule has 0 N–H and O–H groups in total. The van der Waals surface area contributed by atoms with Crippen LogP contribution in [0.3, 0.4) is 0 Å². The summed E-state index contributed by atoms with van der Waals surface area (Å²) in [6, 6.07) is 26.2. The summed E-state index contributed by atoms with van der Waals surface area (Å²) >= 11 is 5.96. The number of hydrogen-bond acceptors (Lipinski definition) is 3. The number of benzene rings is 3. The van der Waals surface area contributed by atoms with Crippen molar-refractivity contribution in [3.63, 3.8) is 0 Å². The summed E-state index contributed by atoms with van der Waals surface area (Å²) in [5.41, 5.74) is 2.34. The molecule has 0 saturated carbocycles. The lowest BCUT2D eigenvalue weighted by Gasteiger charge is -2.33. The summed E-state index contributed by atoms with van der Waals surface area (Å²) < 4.78 is 28.2. The molecule has 1 fully saturated rings. The zero-order valence-corrected chi connectivity index (χ0v) is 21.3. The number of amides is 1. The van der Waals surface area contributed by atoms with Crippen molar-refractivity contribution in [3.05, 3.63) is 101 Å². The predicted molar refractivity (Wildman–Crippen MR) is 140 cm³/mol. The second-order valence-corrected chi connectivity index (χ2v) is 11.4. The fourth-order valence-electron chi connectivity index (χ4n) is 4.52. The predicted octanol–water partition coefficient (Wildman–Crippen LogP) is 5.05. The van der Waals surface area contributed by atoms with Crippen LogP contribution in [0.1, 0.15) is 24.0 Å². The first-order chi connectivity index (χ1) is 16.9. The van der Waals surface area contributed by atoms with Gasteiger partial charge in [-0.25, -0.2) is 8.42 Å². The zero-order valence-electron chi connectivity index (χ0n) is 19.7. The summed E-state index contributed by atoms with van der Waals surface area (Å²) in [5, 5.41) is 0.467. The molecular weight excluding hydrogens is 480 g/mol. The number of hydrogen-bond donors (Lipinski definition) is 0. The molecule has 184 valence electrons. The topological polar surface area (TPSA) is 57.7 Å². The SMILES string of the molecule is O=C(CN(CCc1ccccc1)S(=O)(=O)c1ccc(Cl)cc1)N1CCC(Cc2ccccc2)CC1. The quantitative estimate of drug-likeness (QED) is 0.404. The summed E-state index contributed by atoms with van der Waals surface area (Å²) in [7, 11) is -3.85. The standard InChI is InChI=1S/C28H31ClN2O3S/c29-26-11-13-27(14-12-26)35(33,34)31(20-17-23-7-3-1-4-8-23)22-28(32)30-18-15-25(16-19-30)21-24-9-5-2-6-10-24/h1-14,25H,15-22H2. The van der Waals surface area contributed by atoms with Crippen molar-refractivity contribution in [1.82, 2.24) is 9.21 Å². The summed E-state index contributed by atoms with van der Waals surface area (Å²) in [5.74, 6) is 0.391. The molecule has 0 aromatic heterocycles. The monoisotopic (exact) mass is 510 g/mol. The van der Waals surface area contributed by atoms with E-state index < -0.39 is 10.0 Å². The molecule has 1 amide bonds. The molecule has 3 aromatic carbocycles. The average Bonchev–Trinajstić information content (AvgIpc) is 2.88. The molecule has 1 aliphatic rings. The molecule has 1 aliphatic heterocycles. The van der Waals surface area contributed by atoms with Crippen molar-refractivity contribution in [2.75, 3.05) is 26.2 Å². The van der Waals surface area contributed by atoms with Gasteiger partial charge in [0.05, 0.1) is 11.4 Å². The van der Waals surface area contributed by atoms with Gasteiger partial charge in [0.15, 0.2) is 0 Å². The van der Waals surface area contributed by atoms with Crippen LogP contribution in [-0.2, 0) is 27.7 Å². The molecule has 0 spiro atoms. The largest absolute Gasteiger partial charge is 0.342 e. The van der Waals surface area contributed by atoms with Gasteiger partial charge in [0, 0.05) is 24.7 Å². The number of nitrogens with zero attached hydrogens (tertiary/aromatic N) is 2. The van der Waals surface area contributed by atoms with Gasteiger partial charge in [-0.1, -0.05) is 72.3 Å². The molecule has 0 atom stereocenters. The highest BCUT2D eigenvalue weighted by molar-refractivity contribution is 7.89. The van der Waals surface area contributed by atoms with Gasteiger partial charge in [0.1, 0.15) is 0 Å². The van der Waals surface area contributed by atoms with Crippen molar-refractivity contribution in [2.45, 2.75) is 30.6 Å². The number of likely N-dealkylation sites (tertiary alicyclic amines) is 1. The van der Waals surface area contributed by atoms with Gasteiger partial charge in [-0.05, 0) is 67.0 Å². The highest BCUT2D eigenvalue weighted by Gasteiger charge is 2.30. The van der Waals surface area contributed by atoms with E-state index in [-0.39, 0.29) is 23.9 Å². The lowest BCUT2D eigenvalue weighted by molar-refractivity contribution is -0.132. The highest BCUT2D eigenvalue weighted by atomic mass is 35.5. The van der Waals surface area contributed by atoms with Crippen LogP contribution >= 0.6 is 11.6 Å². The number of rotatable bonds is 9. The smallest absolute Gasteiger partial charge is 0.243 e. The Balaban J connectivity index is 1.42. The number of halogens is 1. The fourth-order valence-corrected chi connectivity index (χ4v) is 6.04. The van der Waals surface area contributed by atoms with Crippen molar-refractivity contribution >= 4 is 27.5 Å². The Morgan fingerprint density at radius 3 is 2.03 bits per heavy atom. The third kappa shape index (κ3) is 6.94. The molecule has 0 bridgehead atoms. The summed E-state index contributed by atoms with van der Waals surface area (Å²) in [4.78, 5) is 15.2. The number of carbonyl (C=O) groups is 1. The molecule has 5 nitrogen and oxygen atoms in total. The molecule has 0 unspecified atom stereocenters. The van der Waals surface area contributed by atoms with Crippen LogP contribution in [0, 0.1) is 5.92 Å². The van der Waals surface area contributed by atoms with Crippen molar-refractivity contribution in [1.29, 1.82) is 0 Å². The van der Waals surface area contributed by atoms with Gasteiger partial charge in [0.2, 0.25) is 15.9 Å². The minimum Gasteiger partial charge on any atom is -0.342 e. The molecule has 7 heteroatoms. The Morgan fingerprint density at radius 1 is 0.857 bits per heavy atom. The third-order valence-electron chi connectivity index (χ3n) is 6.59. The van der Waals surface area contributed by atoms with Gasteiger partial charge >= 0.3 is 0 Å². The Labute approximate surface area is 213 Å². The van der Waals surface area contributed by atoms with Gasteiger partial charge in [-0.15, -0.1) is 0 Å². The Morgan fingerprint density at radius 2 is 1.43 bits per heavy atom. The zero-order chi connectivity index (χ0) is 24.7. The summed E-state index contributed by atoms with van der Waals surface area (Å²) in [6.07, 6.45) is 3.39. The van der Waals surface area contributed by atoms with Crippen molar-refractivity contribution in [3.8, 4) is 0 Å². The van der Waals surface area contributed by atoms with Gasteiger partial charge in [0.25, 0.3) is 0 Å². The van der Waals surface area contributed by atoms with E-state index in [1.807, 2.05) is 41.3 Å². The molecule has 0 radical (unpaired) electrons. The van der Waals surface area contributed by atoms with Crippen molar-refractivity contribution in [2.24, 2.45) is 5.92 Å². The normalized spacial score (nSPS) is 14.9. The average molecular weight is 511 g/mol. The van der Waals surface area contributed by atoms with Gasteiger partial charge in [-0.2, -0.15) is 4.31 Å². The van der Waals surface area contributed by atoms with Crippen LogP contribution in [0.2, 0.25) is 5.02 Å².